The number of aliphatic hydroxyl groups is 1. The first-order chi connectivity index (χ1) is 9.70. The van der Waals surface area contributed by atoms with E-state index >= 15 is 0 Å². The Labute approximate surface area is 117 Å². The number of alkyl halides is 3. The summed E-state index contributed by atoms with van der Waals surface area (Å²) in [4.78, 5) is 12.1. The lowest BCUT2D eigenvalue weighted by Crippen LogP contribution is -2.56. The quantitative estimate of drug-likeness (QED) is 0.854. The molecule has 0 spiro atoms. The van der Waals surface area contributed by atoms with E-state index in [0.29, 0.717) is 0 Å². The van der Waals surface area contributed by atoms with Crippen LogP contribution in [0.25, 0.3) is 0 Å². The van der Waals surface area contributed by atoms with E-state index in [0.717, 1.165) is 12.1 Å². The van der Waals surface area contributed by atoms with Crippen molar-refractivity contribution in [2.45, 2.75) is 31.7 Å². The molecule has 1 aromatic rings. The molecule has 0 saturated heterocycles. The topological polar surface area (TPSA) is 52.9 Å². The summed E-state index contributed by atoms with van der Waals surface area (Å²) < 4.78 is 52.8. The minimum absolute atomic E-state index is 0.0134. The van der Waals surface area contributed by atoms with Gasteiger partial charge in [-0.25, -0.2) is 4.39 Å². The zero-order valence-corrected chi connectivity index (χ0v) is 11.0. The molecular formula is C13H12F4N2O2. The number of hydrogen-bond acceptors (Lipinski definition) is 3. The van der Waals surface area contributed by atoms with E-state index in [4.69, 9.17) is 0 Å². The van der Waals surface area contributed by atoms with Crippen molar-refractivity contribution in [2.24, 2.45) is 5.10 Å². The maximum Gasteiger partial charge on any atom is 0.438 e. The maximum absolute atomic E-state index is 13.6. The van der Waals surface area contributed by atoms with Crippen LogP contribution in [0.1, 0.15) is 30.1 Å². The van der Waals surface area contributed by atoms with Crippen molar-refractivity contribution < 1.29 is 27.5 Å². The molecule has 0 aliphatic carbocycles. The van der Waals surface area contributed by atoms with E-state index < -0.39 is 35.6 Å². The van der Waals surface area contributed by atoms with Gasteiger partial charge in [0, 0.05) is 12.1 Å². The average molecular weight is 304 g/mol. The molecule has 0 fully saturated rings. The van der Waals surface area contributed by atoms with Gasteiger partial charge in [-0.2, -0.15) is 23.3 Å². The fourth-order valence-corrected chi connectivity index (χ4v) is 2.00. The van der Waals surface area contributed by atoms with Crippen LogP contribution in [0.3, 0.4) is 0 Å². The van der Waals surface area contributed by atoms with Gasteiger partial charge in [0.2, 0.25) is 0 Å². The first-order valence-corrected chi connectivity index (χ1v) is 6.15. The van der Waals surface area contributed by atoms with Gasteiger partial charge in [-0.3, -0.25) is 4.79 Å². The fourth-order valence-electron chi connectivity index (χ4n) is 2.00. The SMILES string of the molecule is CCC1=NN(C(=O)c2ccccc2F)[C@@](O)(C(F)(F)F)C1. The molecule has 1 aromatic carbocycles. The number of carbonyl (C=O) groups excluding carboxylic acids is 1. The summed E-state index contributed by atoms with van der Waals surface area (Å²) in [5.74, 6) is -2.32. The Bertz CT molecular complexity index is 600. The van der Waals surface area contributed by atoms with Crippen molar-refractivity contribution in [3.05, 3.63) is 35.6 Å². The van der Waals surface area contributed by atoms with Crippen LogP contribution in [0.15, 0.2) is 29.4 Å². The van der Waals surface area contributed by atoms with E-state index in [1.165, 1.54) is 12.1 Å². The minimum atomic E-state index is -5.10. The third-order valence-electron chi connectivity index (χ3n) is 3.20. The largest absolute Gasteiger partial charge is 0.438 e. The zero-order valence-electron chi connectivity index (χ0n) is 11.0. The first-order valence-electron chi connectivity index (χ1n) is 6.15. The molecule has 0 aromatic heterocycles. The molecule has 0 unspecified atom stereocenters. The average Bonchev–Trinajstić information content (AvgIpc) is 2.77. The number of nitrogens with zero attached hydrogens (tertiary/aromatic N) is 2. The molecule has 4 nitrogen and oxygen atoms in total. The highest BCUT2D eigenvalue weighted by atomic mass is 19.4. The van der Waals surface area contributed by atoms with Crippen LogP contribution in [0.4, 0.5) is 17.6 Å². The van der Waals surface area contributed by atoms with Crippen LogP contribution in [0.5, 0.6) is 0 Å². The molecule has 0 radical (unpaired) electrons. The third-order valence-corrected chi connectivity index (χ3v) is 3.20. The molecule has 114 valence electrons. The van der Waals surface area contributed by atoms with Crippen LogP contribution in [-0.4, -0.2) is 33.6 Å². The van der Waals surface area contributed by atoms with Crippen molar-refractivity contribution in [3.8, 4) is 0 Å². The number of halogens is 4. The fraction of sp³-hybridized carbons (Fsp3) is 0.385. The van der Waals surface area contributed by atoms with Crippen LogP contribution < -0.4 is 0 Å². The smallest absolute Gasteiger partial charge is 0.362 e. The first kappa shape index (κ1) is 15.4. The molecule has 0 bridgehead atoms. The van der Waals surface area contributed by atoms with Crippen LogP contribution >= 0.6 is 0 Å². The lowest BCUT2D eigenvalue weighted by Gasteiger charge is -2.32. The molecule has 1 amide bonds. The second-order valence-corrected chi connectivity index (χ2v) is 4.61. The second kappa shape index (κ2) is 5.10. The predicted molar refractivity (Wildman–Crippen MR) is 65.9 cm³/mol. The number of amides is 1. The highest BCUT2D eigenvalue weighted by Gasteiger charge is 2.63. The Kier molecular flexibility index (Phi) is 3.75. The van der Waals surface area contributed by atoms with Gasteiger partial charge in [0.1, 0.15) is 5.82 Å². The Hall–Kier alpha value is -1.96. The summed E-state index contributed by atoms with van der Waals surface area (Å²) in [5.41, 5.74) is -4.02. The Morgan fingerprint density at radius 3 is 2.57 bits per heavy atom. The lowest BCUT2D eigenvalue weighted by atomic mass is 10.0. The molecule has 0 saturated carbocycles. The molecule has 2 rings (SSSR count). The molecule has 8 heteroatoms. The van der Waals surface area contributed by atoms with Gasteiger partial charge < -0.3 is 5.11 Å². The normalized spacial score (nSPS) is 22.4. The van der Waals surface area contributed by atoms with Crippen molar-refractivity contribution in [1.29, 1.82) is 0 Å². The molecule has 21 heavy (non-hydrogen) atoms. The van der Waals surface area contributed by atoms with Gasteiger partial charge in [0.05, 0.1) is 5.56 Å². The lowest BCUT2D eigenvalue weighted by molar-refractivity contribution is -0.297. The minimum Gasteiger partial charge on any atom is -0.362 e. The van der Waals surface area contributed by atoms with E-state index in [1.54, 1.807) is 6.92 Å². The van der Waals surface area contributed by atoms with E-state index in [2.05, 4.69) is 5.10 Å². The summed E-state index contributed by atoms with van der Waals surface area (Å²) in [6.45, 7) is 1.55. The Morgan fingerprint density at radius 2 is 2.05 bits per heavy atom. The Balaban J connectivity index is 2.46. The van der Waals surface area contributed by atoms with Crippen molar-refractivity contribution in [2.75, 3.05) is 0 Å². The van der Waals surface area contributed by atoms with Gasteiger partial charge in [-0.05, 0) is 18.6 Å². The number of benzene rings is 1. The highest BCUT2D eigenvalue weighted by Crippen LogP contribution is 2.41. The molecule has 1 aliphatic heterocycles. The van der Waals surface area contributed by atoms with Gasteiger partial charge in [-0.15, -0.1) is 0 Å². The number of rotatable bonds is 2. The molecule has 1 atom stereocenters. The summed E-state index contributed by atoms with van der Waals surface area (Å²) in [6.07, 6.45) is -5.80. The highest BCUT2D eigenvalue weighted by molar-refractivity contribution is 5.98. The van der Waals surface area contributed by atoms with E-state index in [-0.39, 0.29) is 17.1 Å². The van der Waals surface area contributed by atoms with Gasteiger partial charge in [-0.1, -0.05) is 19.1 Å². The molecule has 1 N–H and O–H groups in total. The maximum atomic E-state index is 13.6. The van der Waals surface area contributed by atoms with Gasteiger partial charge >= 0.3 is 6.18 Å². The van der Waals surface area contributed by atoms with Crippen LogP contribution in [0.2, 0.25) is 0 Å². The van der Waals surface area contributed by atoms with Crippen molar-refractivity contribution >= 4 is 11.6 Å². The van der Waals surface area contributed by atoms with Crippen molar-refractivity contribution in [1.82, 2.24) is 5.01 Å². The van der Waals surface area contributed by atoms with Gasteiger partial charge in [0.25, 0.3) is 11.6 Å². The number of hydrogen-bond donors (Lipinski definition) is 1. The molecule has 1 aliphatic rings. The third kappa shape index (κ3) is 2.51. The van der Waals surface area contributed by atoms with Crippen LogP contribution in [0, 0.1) is 5.82 Å². The number of carbonyl (C=O) groups is 1. The summed E-state index contributed by atoms with van der Waals surface area (Å²) in [6, 6.07) is 4.59. The molecular weight excluding hydrogens is 292 g/mol. The Morgan fingerprint density at radius 1 is 1.43 bits per heavy atom. The van der Waals surface area contributed by atoms with Crippen LogP contribution in [-0.2, 0) is 0 Å². The monoisotopic (exact) mass is 304 g/mol. The predicted octanol–water partition coefficient (Wildman–Crippen LogP) is 2.69. The standard InChI is InChI=1S/C13H12F4N2O2/c1-2-8-7-12(21,13(15,16)17)19(18-8)11(20)9-5-3-4-6-10(9)14/h3-6,21H,2,7H2,1H3/t12-/m0/s1. The van der Waals surface area contributed by atoms with E-state index in [1.807, 2.05) is 0 Å². The second-order valence-electron chi connectivity index (χ2n) is 4.61. The molecule has 1 heterocycles. The van der Waals surface area contributed by atoms with Crippen molar-refractivity contribution in [3.63, 3.8) is 0 Å². The zero-order chi connectivity index (χ0) is 15.8. The van der Waals surface area contributed by atoms with Gasteiger partial charge in [0.15, 0.2) is 0 Å². The number of hydrazone groups is 1. The summed E-state index contributed by atoms with van der Waals surface area (Å²) in [7, 11) is 0. The summed E-state index contributed by atoms with van der Waals surface area (Å²) in [5, 5.41) is 13.3. The summed E-state index contributed by atoms with van der Waals surface area (Å²) >= 11 is 0. The van der Waals surface area contributed by atoms with E-state index in [9.17, 15) is 27.5 Å².